The third kappa shape index (κ3) is 2.20. The molecule has 1 aliphatic rings. The van der Waals surface area contributed by atoms with Gasteiger partial charge in [0.1, 0.15) is 0 Å². The maximum atomic E-state index is 11.5. The quantitative estimate of drug-likeness (QED) is 0.813. The molecule has 0 bridgehead atoms. The minimum absolute atomic E-state index is 0.138. The zero-order valence-electron chi connectivity index (χ0n) is 9.43. The predicted octanol–water partition coefficient (Wildman–Crippen LogP) is 1.65. The Kier molecular flexibility index (Phi) is 2.95. The molecule has 1 atom stereocenters. The number of rotatable bonds is 2. The highest BCUT2D eigenvalue weighted by molar-refractivity contribution is 5.94. The Morgan fingerprint density at radius 1 is 1.35 bits per heavy atom. The molecule has 17 heavy (non-hydrogen) atoms. The third-order valence-corrected chi connectivity index (χ3v) is 2.90. The van der Waals surface area contributed by atoms with E-state index < -0.39 is 5.97 Å². The zero-order chi connectivity index (χ0) is 12.4. The molecule has 0 saturated heterocycles. The van der Waals surface area contributed by atoms with Crippen LogP contribution in [0.3, 0.4) is 0 Å². The summed E-state index contributed by atoms with van der Waals surface area (Å²) in [5.41, 5.74) is 1.57. The highest BCUT2D eigenvalue weighted by atomic mass is 16.4. The van der Waals surface area contributed by atoms with Gasteiger partial charge in [-0.25, -0.2) is 4.79 Å². The van der Waals surface area contributed by atoms with Crippen LogP contribution >= 0.6 is 0 Å². The fraction of sp³-hybridized carbons (Fsp3) is 0.231. The first-order valence-corrected chi connectivity index (χ1v) is 5.38. The molecule has 0 fully saturated rings. The number of amides is 1. The van der Waals surface area contributed by atoms with Crippen LogP contribution in [0.1, 0.15) is 24.8 Å². The van der Waals surface area contributed by atoms with Crippen molar-refractivity contribution in [3.63, 3.8) is 0 Å². The number of carbonyl (C=O) groups is 2. The molecule has 2 N–H and O–H groups in total. The Morgan fingerprint density at radius 2 is 2.00 bits per heavy atom. The summed E-state index contributed by atoms with van der Waals surface area (Å²) in [6.07, 6.45) is 0.184. The Morgan fingerprint density at radius 3 is 2.59 bits per heavy atom. The minimum atomic E-state index is -0.976. The normalized spacial score (nSPS) is 20.1. The van der Waals surface area contributed by atoms with Crippen LogP contribution in [-0.2, 0) is 9.59 Å². The Balaban J connectivity index is 2.47. The summed E-state index contributed by atoms with van der Waals surface area (Å²) in [7, 11) is 0. The molecule has 1 aromatic carbocycles. The van der Waals surface area contributed by atoms with Crippen molar-refractivity contribution in [2.45, 2.75) is 19.3 Å². The lowest BCUT2D eigenvalue weighted by Crippen LogP contribution is -2.33. The van der Waals surface area contributed by atoms with E-state index in [1.165, 1.54) is 0 Å². The van der Waals surface area contributed by atoms with Crippen molar-refractivity contribution in [3.8, 4) is 0 Å². The van der Waals surface area contributed by atoms with Gasteiger partial charge in [0.05, 0.1) is 5.57 Å². The van der Waals surface area contributed by atoms with E-state index >= 15 is 0 Å². The van der Waals surface area contributed by atoms with Crippen molar-refractivity contribution in [3.05, 3.63) is 47.2 Å². The van der Waals surface area contributed by atoms with Crippen molar-refractivity contribution in [1.29, 1.82) is 0 Å². The van der Waals surface area contributed by atoms with Crippen molar-refractivity contribution in [2.24, 2.45) is 0 Å². The molecule has 4 heteroatoms. The van der Waals surface area contributed by atoms with Gasteiger partial charge in [-0.1, -0.05) is 30.3 Å². The number of hydrogen-bond acceptors (Lipinski definition) is 2. The fourth-order valence-corrected chi connectivity index (χ4v) is 2.16. The third-order valence-electron chi connectivity index (χ3n) is 2.90. The molecular weight excluding hydrogens is 218 g/mol. The summed E-state index contributed by atoms with van der Waals surface area (Å²) in [4.78, 5) is 22.7. The van der Waals surface area contributed by atoms with Crippen LogP contribution in [0.2, 0.25) is 0 Å². The second-order valence-electron chi connectivity index (χ2n) is 4.06. The molecule has 1 aromatic rings. The Labute approximate surface area is 99.0 Å². The van der Waals surface area contributed by atoms with E-state index in [9.17, 15) is 14.7 Å². The number of carboxylic acid groups (broad SMARTS) is 1. The molecule has 0 spiro atoms. The highest BCUT2D eigenvalue weighted by Crippen LogP contribution is 2.32. The smallest absolute Gasteiger partial charge is 0.333 e. The summed E-state index contributed by atoms with van der Waals surface area (Å²) < 4.78 is 0. The molecule has 0 aromatic heterocycles. The zero-order valence-corrected chi connectivity index (χ0v) is 9.43. The Hall–Kier alpha value is -2.10. The summed E-state index contributed by atoms with van der Waals surface area (Å²) in [5, 5.41) is 11.8. The van der Waals surface area contributed by atoms with Gasteiger partial charge >= 0.3 is 5.97 Å². The molecule has 0 aliphatic carbocycles. The first kappa shape index (κ1) is 11.4. The average Bonchev–Trinajstić information content (AvgIpc) is 2.28. The average molecular weight is 231 g/mol. The summed E-state index contributed by atoms with van der Waals surface area (Å²) >= 11 is 0. The van der Waals surface area contributed by atoms with E-state index in [2.05, 4.69) is 5.32 Å². The van der Waals surface area contributed by atoms with E-state index in [0.717, 1.165) is 5.56 Å². The predicted molar refractivity (Wildman–Crippen MR) is 62.3 cm³/mol. The van der Waals surface area contributed by atoms with Gasteiger partial charge in [0, 0.05) is 18.0 Å². The number of nitrogens with one attached hydrogen (secondary N) is 1. The number of hydrogen-bond donors (Lipinski definition) is 2. The van der Waals surface area contributed by atoms with Gasteiger partial charge < -0.3 is 10.4 Å². The molecular formula is C13H13NO3. The number of carbonyl (C=O) groups excluding carboxylic acids is 1. The monoisotopic (exact) mass is 231 g/mol. The molecule has 1 aliphatic heterocycles. The largest absolute Gasteiger partial charge is 0.478 e. The lowest BCUT2D eigenvalue weighted by molar-refractivity contribution is -0.133. The van der Waals surface area contributed by atoms with Crippen LogP contribution in [-0.4, -0.2) is 17.0 Å². The van der Waals surface area contributed by atoms with Crippen molar-refractivity contribution in [1.82, 2.24) is 5.32 Å². The van der Waals surface area contributed by atoms with Gasteiger partial charge in [-0.3, -0.25) is 4.79 Å². The topological polar surface area (TPSA) is 66.4 Å². The number of benzene rings is 1. The molecule has 1 unspecified atom stereocenters. The van der Waals surface area contributed by atoms with Gasteiger partial charge in [-0.05, 0) is 12.5 Å². The van der Waals surface area contributed by atoms with Crippen molar-refractivity contribution < 1.29 is 14.7 Å². The van der Waals surface area contributed by atoms with Crippen LogP contribution < -0.4 is 5.32 Å². The van der Waals surface area contributed by atoms with Gasteiger partial charge in [-0.2, -0.15) is 0 Å². The van der Waals surface area contributed by atoms with Crippen LogP contribution in [0.4, 0.5) is 0 Å². The lowest BCUT2D eigenvalue weighted by Gasteiger charge is -2.25. The second kappa shape index (κ2) is 4.41. The standard InChI is InChI=1S/C13H13NO3/c1-8-12(13(16)17)10(7-11(15)14-8)9-5-3-2-4-6-9/h2-6,10H,7H2,1H3,(H,14,15)(H,16,17). The molecule has 1 amide bonds. The molecule has 1 heterocycles. The van der Waals surface area contributed by atoms with Crippen molar-refractivity contribution in [2.75, 3.05) is 0 Å². The Bertz CT molecular complexity index is 491. The molecule has 88 valence electrons. The lowest BCUT2D eigenvalue weighted by atomic mass is 9.84. The van der Waals surface area contributed by atoms with Crippen LogP contribution in [0.5, 0.6) is 0 Å². The van der Waals surface area contributed by atoms with E-state index in [1.54, 1.807) is 6.92 Å². The van der Waals surface area contributed by atoms with Gasteiger partial charge in [0.15, 0.2) is 0 Å². The van der Waals surface area contributed by atoms with E-state index in [0.29, 0.717) is 5.70 Å². The van der Waals surface area contributed by atoms with Crippen molar-refractivity contribution >= 4 is 11.9 Å². The first-order valence-electron chi connectivity index (χ1n) is 5.38. The number of aliphatic carboxylic acids is 1. The van der Waals surface area contributed by atoms with Gasteiger partial charge in [0.2, 0.25) is 5.91 Å². The van der Waals surface area contributed by atoms with Gasteiger partial charge in [0.25, 0.3) is 0 Å². The highest BCUT2D eigenvalue weighted by Gasteiger charge is 2.31. The van der Waals surface area contributed by atoms with Crippen LogP contribution in [0.25, 0.3) is 0 Å². The molecule has 0 radical (unpaired) electrons. The first-order chi connectivity index (χ1) is 8.09. The fourth-order valence-electron chi connectivity index (χ4n) is 2.16. The van der Waals surface area contributed by atoms with Crippen LogP contribution in [0.15, 0.2) is 41.6 Å². The number of allylic oxidation sites excluding steroid dienone is 1. The summed E-state index contributed by atoms with van der Waals surface area (Å²) in [6, 6.07) is 9.25. The molecule has 0 saturated carbocycles. The second-order valence-corrected chi connectivity index (χ2v) is 4.06. The maximum Gasteiger partial charge on any atom is 0.333 e. The summed E-state index contributed by atoms with van der Waals surface area (Å²) in [5.74, 6) is -1.47. The molecule has 2 rings (SSSR count). The van der Waals surface area contributed by atoms with E-state index in [1.807, 2.05) is 30.3 Å². The minimum Gasteiger partial charge on any atom is -0.478 e. The van der Waals surface area contributed by atoms with Gasteiger partial charge in [-0.15, -0.1) is 0 Å². The van der Waals surface area contributed by atoms with E-state index in [4.69, 9.17) is 0 Å². The maximum absolute atomic E-state index is 11.5. The van der Waals surface area contributed by atoms with Crippen LogP contribution in [0, 0.1) is 0 Å². The van der Waals surface area contributed by atoms with E-state index in [-0.39, 0.29) is 23.8 Å². The molecule has 4 nitrogen and oxygen atoms in total. The summed E-state index contributed by atoms with van der Waals surface area (Å²) in [6.45, 7) is 1.62. The SMILES string of the molecule is CC1=C(C(=O)O)C(c2ccccc2)CC(=O)N1. The number of carboxylic acids is 1.